The molecule has 0 saturated heterocycles. The Kier molecular flexibility index (Phi) is 5.99. The minimum absolute atomic E-state index is 0.237. The lowest BCUT2D eigenvalue weighted by molar-refractivity contribution is 0.0945. The molecule has 2 N–H and O–H groups in total. The first-order valence-electron chi connectivity index (χ1n) is 8.68. The molecule has 1 aromatic heterocycles. The van der Waals surface area contributed by atoms with E-state index in [4.69, 9.17) is 4.74 Å². The molecule has 27 heavy (non-hydrogen) atoms. The van der Waals surface area contributed by atoms with Gasteiger partial charge in [0.15, 0.2) is 0 Å². The third-order valence-corrected chi connectivity index (χ3v) is 3.99. The summed E-state index contributed by atoms with van der Waals surface area (Å²) in [5.74, 6) is 0.984. The molecule has 0 bridgehead atoms. The van der Waals surface area contributed by atoms with Crippen molar-refractivity contribution in [2.45, 2.75) is 20.0 Å². The number of aryl methyl sites for hydroxylation is 1. The lowest BCUT2D eigenvalue weighted by Crippen LogP contribution is -2.24. The van der Waals surface area contributed by atoms with Gasteiger partial charge >= 0.3 is 0 Å². The van der Waals surface area contributed by atoms with E-state index in [1.165, 1.54) is 0 Å². The smallest absolute Gasteiger partial charge is 0.270 e. The van der Waals surface area contributed by atoms with Crippen LogP contribution in [-0.4, -0.2) is 23.0 Å². The number of amides is 1. The van der Waals surface area contributed by atoms with E-state index in [1.54, 1.807) is 13.2 Å². The predicted molar refractivity (Wildman–Crippen MR) is 105 cm³/mol. The molecule has 2 aromatic carbocycles. The van der Waals surface area contributed by atoms with Crippen LogP contribution in [-0.2, 0) is 13.1 Å². The van der Waals surface area contributed by atoms with Crippen molar-refractivity contribution < 1.29 is 9.53 Å². The van der Waals surface area contributed by atoms with Gasteiger partial charge in [0, 0.05) is 18.8 Å². The molecule has 0 spiro atoms. The summed E-state index contributed by atoms with van der Waals surface area (Å²) >= 11 is 0. The minimum Gasteiger partial charge on any atom is -0.497 e. The molecule has 0 radical (unpaired) electrons. The first-order valence-corrected chi connectivity index (χ1v) is 8.68. The molecule has 0 atom stereocenters. The van der Waals surface area contributed by atoms with Crippen molar-refractivity contribution in [3.8, 4) is 5.75 Å². The van der Waals surface area contributed by atoms with E-state index in [0.29, 0.717) is 24.7 Å². The number of methoxy groups -OCH3 is 1. The number of benzene rings is 2. The van der Waals surface area contributed by atoms with Gasteiger partial charge in [-0.25, -0.2) is 9.97 Å². The number of nitrogens with one attached hydrogen (secondary N) is 2. The monoisotopic (exact) mass is 362 g/mol. The summed E-state index contributed by atoms with van der Waals surface area (Å²) in [6.45, 7) is 2.85. The molecule has 1 amide bonds. The Hall–Kier alpha value is -3.41. The topological polar surface area (TPSA) is 76.1 Å². The van der Waals surface area contributed by atoms with Crippen LogP contribution in [0.5, 0.6) is 5.75 Å². The molecule has 3 rings (SSSR count). The van der Waals surface area contributed by atoms with Crippen LogP contribution in [0.2, 0.25) is 0 Å². The largest absolute Gasteiger partial charge is 0.497 e. The van der Waals surface area contributed by atoms with Gasteiger partial charge in [-0.3, -0.25) is 4.79 Å². The molecule has 0 saturated carbocycles. The second-order valence-corrected chi connectivity index (χ2v) is 6.09. The summed E-state index contributed by atoms with van der Waals surface area (Å²) in [6.07, 6.45) is 0. The fourth-order valence-electron chi connectivity index (χ4n) is 2.56. The van der Waals surface area contributed by atoms with Crippen LogP contribution in [0.25, 0.3) is 0 Å². The number of aromatic nitrogens is 2. The van der Waals surface area contributed by atoms with E-state index in [-0.39, 0.29) is 5.91 Å². The number of hydrogen-bond acceptors (Lipinski definition) is 5. The van der Waals surface area contributed by atoms with Crippen molar-refractivity contribution in [1.82, 2.24) is 15.3 Å². The van der Waals surface area contributed by atoms with Gasteiger partial charge in [-0.2, -0.15) is 0 Å². The maximum Gasteiger partial charge on any atom is 0.270 e. The van der Waals surface area contributed by atoms with Crippen molar-refractivity contribution in [2.75, 3.05) is 12.4 Å². The number of ether oxygens (including phenoxy) is 1. The van der Waals surface area contributed by atoms with Gasteiger partial charge in [-0.15, -0.1) is 0 Å². The Morgan fingerprint density at radius 3 is 2.37 bits per heavy atom. The fourth-order valence-corrected chi connectivity index (χ4v) is 2.56. The standard InChI is InChI=1S/C21H22N4O2/c1-15-12-19(20(26)22-13-17-8-10-18(27-2)11-9-17)25-21(24-15)23-14-16-6-4-3-5-7-16/h3-12H,13-14H2,1-2H3,(H,22,26)(H,23,24,25). The Bertz CT molecular complexity index is 896. The first kappa shape index (κ1) is 18.4. The quantitative estimate of drug-likeness (QED) is 0.674. The Morgan fingerprint density at radius 2 is 1.67 bits per heavy atom. The van der Waals surface area contributed by atoms with Crippen molar-refractivity contribution in [2.24, 2.45) is 0 Å². The molecule has 3 aromatic rings. The van der Waals surface area contributed by atoms with Gasteiger partial charge in [0.2, 0.25) is 5.95 Å². The highest BCUT2D eigenvalue weighted by Crippen LogP contribution is 2.12. The summed E-state index contributed by atoms with van der Waals surface area (Å²) in [5.41, 5.74) is 3.17. The molecule has 0 fully saturated rings. The summed E-state index contributed by atoms with van der Waals surface area (Å²) in [6, 6.07) is 19.2. The lowest BCUT2D eigenvalue weighted by atomic mass is 10.2. The van der Waals surface area contributed by atoms with Crippen LogP contribution in [0.4, 0.5) is 5.95 Å². The second kappa shape index (κ2) is 8.80. The number of carbonyl (C=O) groups excluding carboxylic acids is 1. The average molecular weight is 362 g/mol. The number of hydrogen-bond donors (Lipinski definition) is 2. The Balaban J connectivity index is 1.62. The van der Waals surface area contributed by atoms with E-state index in [0.717, 1.165) is 22.6 Å². The minimum atomic E-state index is -0.237. The molecule has 138 valence electrons. The van der Waals surface area contributed by atoms with E-state index < -0.39 is 0 Å². The SMILES string of the molecule is COc1ccc(CNC(=O)c2cc(C)nc(NCc3ccccc3)n2)cc1. The van der Waals surface area contributed by atoms with Crippen LogP contribution in [0.1, 0.15) is 27.3 Å². The van der Waals surface area contributed by atoms with Gasteiger partial charge in [0.25, 0.3) is 5.91 Å². The van der Waals surface area contributed by atoms with Crippen LogP contribution < -0.4 is 15.4 Å². The highest BCUT2D eigenvalue weighted by atomic mass is 16.5. The molecule has 0 aliphatic carbocycles. The molecular formula is C21H22N4O2. The summed E-state index contributed by atoms with van der Waals surface area (Å²) in [5, 5.41) is 6.05. The van der Waals surface area contributed by atoms with Gasteiger partial charge in [-0.1, -0.05) is 42.5 Å². The van der Waals surface area contributed by atoms with E-state index in [2.05, 4.69) is 20.6 Å². The Morgan fingerprint density at radius 1 is 0.963 bits per heavy atom. The highest BCUT2D eigenvalue weighted by molar-refractivity contribution is 5.92. The van der Waals surface area contributed by atoms with Gasteiger partial charge < -0.3 is 15.4 Å². The molecule has 0 unspecified atom stereocenters. The molecule has 6 heteroatoms. The van der Waals surface area contributed by atoms with Crippen LogP contribution in [0, 0.1) is 6.92 Å². The van der Waals surface area contributed by atoms with E-state index >= 15 is 0 Å². The van der Waals surface area contributed by atoms with Crippen LogP contribution >= 0.6 is 0 Å². The molecule has 1 heterocycles. The molecule has 6 nitrogen and oxygen atoms in total. The average Bonchev–Trinajstić information content (AvgIpc) is 2.71. The van der Waals surface area contributed by atoms with Gasteiger partial charge in [-0.05, 0) is 36.2 Å². The third-order valence-electron chi connectivity index (χ3n) is 3.99. The summed E-state index contributed by atoms with van der Waals surface area (Å²) < 4.78 is 5.13. The third kappa shape index (κ3) is 5.28. The van der Waals surface area contributed by atoms with Crippen molar-refractivity contribution in [1.29, 1.82) is 0 Å². The van der Waals surface area contributed by atoms with E-state index in [9.17, 15) is 4.79 Å². The number of nitrogens with zero attached hydrogens (tertiary/aromatic N) is 2. The Labute approximate surface area is 158 Å². The fraction of sp³-hybridized carbons (Fsp3) is 0.190. The first-order chi connectivity index (χ1) is 13.1. The maximum atomic E-state index is 12.5. The molecule has 0 aliphatic rings. The number of anilines is 1. The molecular weight excluding hydrogens is 340 g/mol. The number of rotatable bonds is 7. The second-order valence-electron chi connectivity index (χ2n) is 6.09. The van der Waals surface area contributed by atoms with Crippen molar-refractivity contribution >= 4 is 11.9 Å². The van der Waals surface area contributed by atoms with Crippen LogP contribution in [0.3, 0.4) is 0 Å². The number of carbonyl (C=O) groups is 1. The summed E-state index contributed by atoms with van der Waals surface area (Å²) in [4.78, 5) is 21.2. The maximum absolute atomic E-state index is 12.5. The zero-order valence-electron chi connectivity index (χ0n) is 15.4. The normalized spacial score (nSPS) is 10.3. The molecule has 0 aliphatic heterocycles. The highest BCUT2D eigenvalue weighted by Gasteiger charge is 2.10. The predicted octanol–water partition coefficient (Wildman–Crippen LogP) is 3.34. The lowest BCUT2D eigenvalue weighted by Gasteiger charge is -2.09. The van der Waals surface area contributed by atoms with E-state index in [1.807, 2.05) is 61.5 Å². The van der Waals surface area contributed by atoms with Gasteiger partial charge in [0.05, 0.1) is 7.11 Å². The van der Waals surface area contributed by atoms with Crippen LogP contribution in [0.15, 0.2) is 60.7 Å². The zero-order valence-corrected chi connectivity index (χ0v) is 15.4. The van der Waals surface area contributed by atoms with Crippen molar-refractivity contribution in [3.05, 3.63) is 83.2 Å². The summed E-state index contributed by atoms with van der Waals surface area (Å²) in [7, 11) is 1.62. The van der Waals surface area contributed by atoms with Crippen molar-refractivity contribution in [3.63, 3.8) is 0 Å². The zero-order chi connectivity index (χ0) is 19.1. The van der Waals surface area contributed by atoms with Gasteiger partial charge in [0.1, 0.15) is 11.4 Å².